The van der Waals surface area contributed by atoms with E-state index >= 15 is 0 Å². The Morgan fingerprint density at radius 1 is 1.17 bits per heavy atom. The van der Waals surface area contributed by atoms with Crippen LogP contribution in [-0.4, -0.2) is 0 Å². The standard InChI is InChI=1S/2C6H8/c2*1-6-4-2-3-5-6/h2,4-5H,3H2,1H3;2-4H,5H2,1H3. The second-order valence-corrected chi connectivity index (χ2v) is 3.23. The van der Waals surface area contributed by atoms with Crippen LogP contribution in [0.2, 0.25) is 0 Å². The Labute approximate surface area is 75.0 Å². The average Bonchev–Trinajstić information content (AvgIpc) is 2.63. The van der Waals surface area contributed by atoms with E-state index in [1.807, 2.05) is 0 Å². The van der Waals surface area contributed by atoms with E-state index in [0.717, 1.165) is 6.42 Å². The summed E-state index contributed by atoms with van der Waals surface area (Å²) >= 11 is 0. The molecule has 0 heteroatoms. The number of hydrogen-bond donors (Lipinski definition) is 0. The van der Waals surface area contributed by atoms with Crippen LogP contribution in [-0.2, 0) is 0 Å². The summed E-state index contributed by atoms with van der Waals surface area (Å²) in [5.41, 5.74) is 2.87. The van der Waals surface area contributed by atoms with Gasteiger partial charge in [-0.3, -0.25) is 0 Å². The zero-order chi connectivity index (χ0) is 8.81. The van der Waals surface area contributed by atoms with Crippen LogP contribution in [0, 0.1) is 0 Å². The molecule has 0 unspecified atom stereocenters. The molecule has 64 valence electrons. The summed E-state index contributed by atoms with van der Waals surface area (Å²) in [6.07, 6.45) is 15.2. The van der Waals surface area contributed by atoms with Gasteiger partial charge in [-0.2, -0.15) is 0 Å². The normalized spacial score (nSPS) is 18.5. The minimum absolute atomic E-state index is 1.14. The summed E-state index contributed by atoms with van der Waals surface area (Å²) < 4.78 is 0. The van der Waals surface area contributed by atoms with E-state index in [1.54, 1.807) is 0 Å². The Balaban J connectivity index is 0.000000120. The lowest BCUT2D eigenvalue weighted by atomic mass is 10.3. The molecule has 0 bridgehead atoms. The Bertz CT molecular complexity index is 246. The lowest BCUT2D eigenvalue weighted by Gasteiger charge is -1.78. The molecule has 2 aliphatic carbocycles. The summed E-state index contributed by atoms with van der Waals surface area (Å²) in [7, 11) is 0. The minimum Gasteiger partial charge on any atom is -0.0805 e. The third-order valence-electron chi connectivity index (χ3n) is 1.91. The van der Waals surface area contributed by atoms with Crippen LogP contribution in [0.5, 0.6) is 0 Å². The van der Waals surface area contributed by atoms with Gasteiger partial charge in [0.05, 0.1) is 0 Å². The number of hydrogen-bond acceptors (Lipinski definition) is 0. The van der Waals surface area contributed by atoms with E-state index in [-0.39, 0.29) is 0 Å². The fourth-order valence-electron chi connectivity index (χ4n) is 1.13. The summed E-state index contributed by atoms with van der Waals surface area (Å²) in [6.45, 7) is 4.25. The first-order valence-corrected chi connectivity index (χ1v) is 4.44. The van der Waals surface area contributed by atoms with Gasteiger partial charge in [-0.25, -0.2) is 0 Å². The summed E-state index contributed by atoms with van der Waals surface area (Å²) in [5, 5.41) is 0. The largest absolute Gasteiger partial charge is 0.0805 e. The minimum atomic E-state index is 1.14. The molecule has 0 radical (unpaired) electrons. The van der Waals surface area contributed by atoms with E-state index in [9.17, 15) is 0 Å². The van der Waals surface area contributed by atoms with Crippen LogP contribution in [0.3, 0.4) is 0 Å². The molecule has 0 fully saturated rings. The molecule has 0 aromatic carbocycles. The van der Waals surface area contributed by atoms with Crippen LogP contribution in [0.4, 0.5) is 0 Å². The first-order chi connectivity index (χ1) is 5.79. The van der Waals surface area contributed by atoms with Gasteiger partial charge >= 0.3 is 0 Å². The monoisotopic (exact) mass is 160 g/mol. The van der Waals surface area contributed by atoms with Crippen LogP contribution in [0.15, 0.2) is 47.6 Å². The van der Waals surface area contributed by atoms with Gasteiger partial charge in [0.15, 0.2) is 0 Å². The van der Waals surface area contributed by atoms with Crippen molar-refractivity contribution in [3.63, 3.8) is 0 Å². The summed E-state index contributed by atoms with van der Waals surface area (Å²) in [6, 6.07) is 0. The molecule has 0 heterocycles. The van der Waals surface area contributed by atoms with Crippen LogP contribution < -0.4 is 0 Å². The zero-order valence-corrected chi connectivity index (χ0v) is 7.88. The maximum absolute atomic E-state index is 2.21. The molecule has 2 rings (SSSR count). The first-order valence-electron chi connectivity index (χ1n) is 4.44. The molecular weight excluding hydrogens is 144 g/mol. The quantitative estimate of drug-likeness (QED) is 0.506. The van der Waals surface area contributed by atoms with E-state index in [4.69, 9.17) is 0 Å². The van der Waals surface area contributed by atoms with Crippen LogP contribution in [0.1, 0.15) is 26.7 Å². The third kappa shape index (κ3) is 3.38. The third-order valence-corrected chi connectivity index (χ3v) is 1.91. The van der Waals surface area contributed by atoms with Crippen molar-refractivity contribution < 1.29 is 0 Å². The van der Waals surface area contributed by atoms with Crippen molar-refractivity contribution in [2.24, 2.45) is 0 Å². The van der Waals surface area contributed by atoms with Gasteiger partial charge in [-0.05, 0) is 26.7 Å². The zero-order valence-electron chi connectivity index (χ0n) is 7.88. The first kappa shape index (κ1) is 9.05. The molecule has 12 heavy (non-hydrogen) atoms. The smallest absolute Gasteiger partial charge is 0.0135 e. The topological polar surface area (TPSA) is 0 Å². The lowest BCUT2D eigenvalue weighted by Crippen LogP contribution is -1.58. The van der Waals surface area contributed by atoms with Crippen molar-refractivity contribution >= 4 is 0 Å². The molecule has 0 saturated heterocycles. The molecular formula is C12H16. The van der Waals surface area contributed by atoms with Crippen molar-refractivity contribution in [2.75, 3.05) is 0 Å². The van der Waals surface area contributed by atoms with E-state index in [1.165, 1.54) is 17.6 Å². The van der Waals surface area contributed by atoms with Gasteiger partial charge in [-0.1, -0.05) is 47.6 Å². The molecule has 0 aromatic heterocycles. The Morgan fingerprint density at radius 2 is 2.00 bits per heavy atom. The fourth-order valence-corrected chi connectivity index (χ4v) is 1.13. The van der Waals surface area contributed by atoms with Gasteiger partial charge in [0.1, 0.15) is 0 Å². The Hall–Kier alpha value is -1.04. The van der Waals surface area contributed by atoms with Gasteiger partial charge in [0, 0.05) is 0 Å². The maximum Gasteiger partial charge on any atom is -0.0135 e. The van der Waals surface area contributed by atoms with Gasteiger partial charge < -0.3 is 0 Å². The second kappa shape index (κ2) is 4.76. The molecule has 0 amide bonds. The van der Waals surface area contributed by atoms with Crippen LogP contribution >= 0.6 is 0 Å². The van der Waals surface area contributed by atoms with Crippen molar-refractivity contribution in [2.45, 2.75) is 26.7 Å². The highest BCUT2D eigenvalue weighted by atomic mass is 13.9. The fraction of sp³-hybridized carbons (Fsp3) is 0.333. The SMILES string of the molecule is CC1=CC=CC1.CC1=CCC=C1. The summed E-state index contributed by atoms with van der Waals surface area (Å²) in [4.78, 5) is 0. The van der Waals surface area contributed by atoms with Gasteiger partial charge in [0.2, 0.25) is 0 Å². The predicted octanol–water partition coefficient (Wildman–Crippen LogP) is 3.79. The van der Waals surface area contributed by atoms with Crippen molar-refractivity contribution in [1.29, 1.82) is 0 Å². The average molecular weight is 160 g/mol. The van der Waals surface area contributed by atoms with E-state index < -0.39 is 0 Å². The highest BCUT2D eigenvalue weighted by Crippen LogP contribution is 2.06. The second-order valence-electron chi connectivity index (χ2n) is 3.23. The Kier molecular flexibility index (Phi) is 3.59. The van der Waals surface area contributed by atoms with Gasteiger partial charge in [-0.15, -0.1) is 0 Å². The molecule has 0 aliphatic heterocycles. The maximum atomic E-state index is 2.21. The molecule has 0 nitrogen and oxygen atoms in total. The number of rotatable bonds is 0. The van der Waals surface area contributed by atoms with E-state index in [2.05, 4.69) is 50.3 Å². The molecule has 0 atom stereocenters. The highest BCUT2D eigenvalue weighted by molar-refractivity contribution is 5.23. The molecule has 0 aromatic rings. The Morgan fingerprint density at radius 3 is 2.17 bits per heavy atom. The van der Waals surface area contributed by atoms with Crippen molar-refractivity contribution in [1.82, 2.24) is 0 Å². The summed E-state index contributed by atoms with van der Waals surface area (Å²) in [5.74, 6) is 0. The van der Waals surface area contributed by atoms with Crippen molar-refractivity contribution in [3.05, 3.63) is 47.6 Å². The van der Waals surface area contributed by atoms with Crippen molar-refractivity contribution in [3.8, 4) is 0 Å². The lowest BCUT2D eigenvalue weighted by molar-refractivity contribution is 1.25. The molecule has 0 saturated carbocycles. The van der Waals surface area contributed by atoms with Gasteiger partial charge in [0.25, 0.3) is 0 Å². The predicted molar refractivity (Wildman–Crippen MR) is 55.0 cm³/mol. The number of allylic oxidation sites excluding steroid dienone is 8. The van der Waals surface area contributed by atoms with Crippen LogP contribution in [0.25, 0.3) is 0 Å². The molecule has 2 aliphatic rings. The van der Waals surface area contributed by atoms with E-state index in [0.29, 0.717) is 0 Å². The molecule has 0 N–H and O–H groups in total. The highest BCUT2D eigenvalue weighted by Gasteiger charge is 1.86. The molecule has 0 spiro atoms.